The molecule has 3 rings (SSSR count). The minimum absolute atomic E-state index is 0.0859. The number of rotatable bonds is 5. The smallest absolute Gasteiger partial charge is 0.351 e. The summed E-state index contributed by atoms with van der Waals surface area (Å²) >= 11 is 0. The molecule has 7 heteroatoms. The Bertz CT molecular complexity index is 943. The normalized spacial score (nSPS) is 10.9. The van der Waals surface area contributed by atoms with Gasteiger partial charge in [0, 0.05) is 0 Å². The molecular weight excluding hydrogens is 324 g/mol. The van der Waals surface area contributed by atoms with Gasteiger partial charge in [-0.25, -0.2) is 9.59 Å². The SMILES string of the molecule is CCOC(=O)c1cc(N=Nc2ccccc2)c(-c2ccco2)oc1=O. The van der Waals surface area contributed by atoms with Crippen LogP contribution in [0.5, 0.6) is 0 Å². The Morgan fingerprint density at radius 2 is 1.92 bits per heavy atom. The Hall–Kier alpha value is -3.48. The zero-order valence-corrected chi connectivity index (χ0v) is 13.3. The zero-order chi connectivity index (χ0) is 17.6. The van der Waals surface area contributed by atoms with E-state index in [0.29, 0.717) is 11.4 Å². The van der Waals surface area contributed by atoms with E-state index in [9.17, 15) is 9.59 Å². The number of benzene rings is 1. The van der Waals surface area contributed by atoms with Crippen LogP contribution in [-0.4, -0.2) is 12.6 Å². The molecular formula is C18H14N2O5. The van der Waals surface area contributed by atoms with Crippen molar-refractivity contribution in [2.75, 3.05) is 6.61 Å². The number of carbonyl (C=O) groups excluding carboxylic acids is 1. The van der Waals surface area contributed by atoms with Crippen LogP contribution in [0.25, 0.3) is 11.5 Å². The number of carbonyl (C=O) groups is 1. The first kappa shape index (κ1) is 16.4. The summed E-state index contributed by atoms with van der Waals surface area (Å²) in [6.45, 7) is 1.78. The van der Waals surface area contributed by atoms with Gasteiger partial charge in [-0.2, -0.15) is 5.11 Å². The standard InChI is InChI=1S/C18H14N2O5/c1-2-23-17(21)13-11-14(20-19-12-7-4-3-5-8-12)16(25-18(13)22)15-9-6-10-24-15/h3-11H,2H2,1H3. The molecule has 0 aliphatic rings. The fourth-order valence-corrected chi connectivity index (χ4v) is 2.08. The van der Waals surface area contributed by atoms with Crippen molar-refractivity contribution in [2.24, 2.45) is 10.2 Å². The van der Waals surface area contributed by atoms with Crippen LogP contribution in [0.2, 0.25) is 0 Å². The molecule has 0 amide bonds. The molecule has 1 aromatic carbocycles. The van der Waals surface area contributed by atoms with Crippen molar-refractivity contribution in [1.29, 1.82) is 0 Å². The lowest BCUT2D eigenvalue weighted by Gasteiger charge is -2.04. The van der Waals surface area contributed by atoms with E-state index in [2.05, 4.69) is 10.2 Å². The number of hydrogen-bond acceptors (Lipinski definition) is 7. The summed E-state index contributed by atoms with van der Waals surface area (Å²) in [4.78, 5) is 24.0. The largest absolute Gasteiger partial charge is 0.462 e. The molecule has 0 spiro atoms. The number of furan rings is 1. The molecule has 0 N–H and O–H groups in total. The summed E-state index contributed by atoms with van der Waals surface area (Å²) in [5.41, 5.74) is -0.291. The van der Waals surface area contributed by atoms with Crippen LogP contribution < -0.4 is 5.63 Å². The van der Waals surface area contributed by atoms with Crippen molar-refractivity contribution in [3.8, 4) is 11.5 Å². The highest BCUT2D eigenvalue weighted by Gasteiger charge is 2.20. The van der Waals surface area contributed by atoms with E-state index < -0.39 is 11.6 Å². The van der Waals surface area contributed by atoms with E-state index in [1.807, 2.05) is 18.2 Å². The maximum absolute atomic E-state index is 12.1. The number of azo groups is 1. The molecule has 0 bridgehead atoms. The second-order valence-corrected chi connectivity index (χ2v) is 4.90. The lowest BCUT2D eigenvalue weighted by atomic mass is 10.2. The van der Waals surface area contributed by atoms with Crippen LogP contribution in [0, 0.1) is 0 Å². The summed E-state index contributed by atoms with van der Waals surface area (Å²) in [5.74, 6) is -0.393. The van der Waals surface area contributed by atoms with Gasteiger partial charge in [-0.15, -0.1) is 5.11 Å². The van der Waals surface area contributed by atoms with E-state index >= 15 is 0 Å². The van der Waals surface area contributed by atoms with E-state index in [1.165, 1.54) is 12.3 Å². The molecule has 0 saturated carbocycles. The number of nitrogens with zero attached hydrogens (tertiary/aromatic N) is 2. The van der Waals surface area contributed by atoms with E-state index in [0.717, 1.165) is 0 Å². The highest BCUT2D eigenvalue weighted by Crippen LogP contribution is 2.31. The van der Waals surface area contributed by atoms with Crippen LogP contribution in [0.15, 0.2) is 78.7 Å². The van der Waals surface area contributed by atoms with Crippen molar-refractivity contribution in [3.63, 3.8) is 0 Å². The topological polar surface area (TPSA) is 94.4 Å². The second kappa shape index (κ2) is 7.39. The van der Waals surface area contributed by atoms with Crippen LogP contribution in [0.3, 0.4) is 0 Å². The fourth-order valence-electron chi connectivity index (χ4n) is 2.08. The molecule has 0 atom stereocenters. The Labute approximate surface area is 142 Å². The first-order valence-corrected chi connectivity index (χ1v) is 7.55. The van der Waals surface area contributed by atoms with Crippen LogP contribution in [0.4, 0.5) is 11.4 Å². The first-order chi connectivity index (χ1) is 12.2. The van der Waals surface area contributed by atoms with Crippen LogP contribution >= 0.6 is 0 Å². The van der Waals surface area contributed by atoms with Crippen molar-refractivity contribution < 1.29 is 18.4 Å². The van der Waals surface area contributed by atoms with Gasteiger partial charge in [-0.3, -0.25) is 0 Å². The third-order valence-corrected chi connectivity index (χ3v) is 3.20. The average molecular weight is 338 g/mol. The Morgan fingerprint density at radius 1 is 1.12 bits per heavy atom. The molecule has 0 aliphatic carbocycles. The minimum Gasteiger partial charge on any atom is -0.462 e. The maximum atomic E-state index is 12.1. The fraction of sp³-hybridized carbons (Fsp3) is 0.111. The number of esters is 1. The van der Waals surface area contributed by atoms with Crippen LogP contribution in [-0.2, 0) is 4.74 Å². The second-order valence-electron chi connectivity index (χ2n) is 4.90. The van der Waals surface area contributed by atoms with Gasteiger partial charge >= 0.3 is 11.6 Å². The van der Waals surface area contributed by atoms with Gasteiger partial charge in [0.15, 0.2) is 5.76 Å². The van der Waals surface area contributed by atoms with Crippen molar-refractivity contribution >= 4 is 17.3 Å². The highest BCUT2D eigenvalue weighted by atomic mass is 16.5. The van der Waals surface area contributed by atoms with Gasteiger partial charge in [-0.1, -0.05) is 18.2 Å². The molecule has 0 fully saturated rings. The lowest BCUT2D eigenvalue weighted by Crippen LogP contribution is -2.16. The molecule has 3 aromatic rings. The quantitative estimate of drug-likeness (QED) is 0.504. The van der Waals surface area contributed by atoms with Gasteiger partial charge in [0.05, 0.1) is 18.6 Å². The molecule has 7 nitrogen and oxygen atoms in total. The lowest BCUT2D eigenvalue weighted by molar-refractivity contribution is 0.0521. The highest BCUT2D eigenvalue weighted by molar-refractivity contribution is 5.90. The van der Waals surface area contributed by atoms with Crippen molar-refractivity contribution in [1.82, 2.24) is 0 Å². The van der Waals surface area contributed by atoms with Crippen molar-refractivity contribution in [2.45, 2.75) is 6.92 Å². The van der Waals surface area contributed by atoms with E-state index in [1.54, 1.807) is 31.2 Å². The van der Waals surface area contributed by atoms with Crippen LogP contribution in [0.1, 0.15) is 17.3 Å². The number of hydrogen-bond donors (Lipinski definition) is 0. The third kappa shape index (κ3) is 3.72. The van der Waals surface area contributed by atoms with Gasteiger partial charge in [0.25, 0.3) is 0 Å². The monoisotopic (exact) mass is 338 g/mol. The Kier molecular flexibility index (Phi) is 4.84. The summed E-state index contributed by atoms with van der Waals surface area (Å²) in [5, 5.41) is 8.19. The average Bonchev–Trinajstić information content (AvgIpc) is 3.16. The van der Waals surface area contributed by atoms with E-state index in [-0.39, 0.29) is 23.6 Å². The summed E-state index contributed by atoms with van der Waals surface area (Å²) in [6, 6.07) is 13.6. The predicted molar refractivity (Wildman–Crippen MR) is 89.3 cm³/mol. The molecule has 126 valence electrons. The van der Waals surface area contributed by atoms with E-state index in [4.69, 9.17) is 13.6 Å². The molecule has 0 radical (unpaired) electrons. The summed E-state index contributed by atoms with van der Waals surface area (Å²) < 4.78 is 15.4. The molecule has 0 unspecified atom stereocenters. The minimum atomic E-state index is -0.830. The Morgan fingerprint density at radius 3 is 2.60 bits per heavy atom. The molecule has 2 aromatic heterocycles. The van der Waals surface area contributed by atoms with Gasteiger partial charge in [0.2, 0.25) is 5.76 Å². The van der Waals surface area contributed by atoms with Gasteiger partial charge < -0.3 is 13.6 Å². The molecule has 25 heavy (non-hydrogen) atoms. The first-order valence-electron chi connectivity index (χ1n) is 7.55. The van der Waals surface area contributed by atoms with Gasteiger partial charge in [0.1, 0.15) is 11.3 Å². The third-order valence-electron chi connectivity index (χ3n) is 3.20. The van der Waals surface area contributed by atoms with Gasteiger partial charge in [-0.05, 0) is 37.3 Å². The summed E-state index contributed by atoms with van der Waals surface area (Å²) in [7, 11) is 0. The van der Waals surface area contributed by atoms with Crippen molar-refractivity contribution in [3.05, 3.63) is 70.8 Å². The predicted octanol–water partition coefficient (Wildman–Crippen LogP) is 4.49. The zero-order valence-electron chi connectivity index (χ0n) is 13.3. The Balaban J connectivity index is 2.09. The maximum Gasteiger partial charge on any atom is 0.351 e. The molecule has 0 aliphatic heterocycles. The molecule has 0 saturated heterocycles. The molecule has 2 heterocycles. The summed E-state index contributed by atoms with van der Waals surface area (Å²) in [6.07, 6.45) is 1.44. The number of ether oxygens (including phenoxy) is 1.